The lowest BCUT2D eigenvalue weighted by atomic mass is 10.1. The molecule has 0 spiro atoms. The number of imidazole rings is 1. The normalized spacial score (nSPS) is 17.6. The summed E-state index contributed by atoms with van der Waals surface area (Å²) in [6.07, 6.45) is 5.47. The highest BCUT2D eigenvalue weighted by Crippen LogP contribution is 2.15. The van der Waals surface area contributed by atoms with Gasteiger partial charge in [0.2, 0.25) is 11.8 Å². The minimum absolute atomic E-state index is 0.0476. The number of hydrogen-bond acceptors (Lipinski definition) is 5. The Morgan fingerprint density at radius 2 is 2.19 bits per heavy atom. The van der Waals surface area contributed by atoms with Crippen molar-refractivity contribution in [3.63, 3.8) is 0 Å². The first-order chi connectivity index (χ1) is 13.1. The van der Waals surface area contributed by atoms with Gasteiger partial charge in [-0.25, -0.2) is 4.98 Å². The summed E-state index contributed by atoms with van der Waals surface area (Å²) in [5.74, 6) is 0.677. The lowest BCUT2D eigenvalue weighted by Gasteiger charge is -2.35. The quantitative estimate of drug-likeness (QED) is 0.770. The fourth-order valence-corrected chi connectivity index (χ4v) is 3.26. The molecule has 1 atom stereocenters. The van der Waals surface area contributed by atoms with E-state index in [1.165, 1.54) is 0 Å². The van der Waals surface area contributed by atoms with Crippen LogP contribution in [0.15, 0.2) is 36.8 Å². The first-order valence-corrected chi connectivity index (χ1v) is 9.24. The van der Waals surface area contributed by atoms with E-state index in [-0.39, 0.29) is 18.2 Å². The van der Waals surface area contributed by atoms with Gasteiger partial charge in [-0.15, -0.1) is 0 Å². The van der Waals surface area contributed by atoms with Crippen LogP contribution in [-0.2, 0) is 29.7 Å². The van der Waals surface area contributed by atoms with Crippen molar-refractivity contribution in [3.05, 3.63) is 48.3 Å². The van der Waals surface area contributed by atoms with E-state index in [4.69, 9.17) is 0 Å². The van der Waals surface area contributed by atoms with E-state index in [1.807, 2.05) is 47.8 Å². The van der Waals surface area contributed by atoms with Gasteiger partial charge in [-0.05, 0) is 19.1 Å². The van der Waals surface area contributed by atoms with Crippen molar-refractivity contribution < 1.29 is 9.59 Å². The van der Waals surface area contributed by atoms with Crippen molar-refractivity contribution in [2.75, 3.05) is 19.6 Å². The minimum atomic E-state index is -0.483. The third-order valence-electron chi connectivity index (χ3n) is 4.89. The number of pyridine rings is 1. The lowest BCUT2D eigenvalue weighted by Crippen LogP contribution is -2.56. The van der Waals surface area contributed by atoms with Crippen molar-refractivity contribution >= 4 is 11.8 Å². The van der Waals surface area contributed by atoms with Crippen LogP contribution in [-0.4, -0.2) is 61.8 Å². The number of aryl methyl sites for hydroxylation is 1. The molecule has 0 aliphatic carbocycles. The zero-order chi connectivity index (χ0) is 19.2. The molecule has 1 aliphatic heterocycles. The Bertz CT molecular complexity index is 776. The molecule has 1 N–H and O–H groups in total. The molecule has 0 radical (unpaired) electrons. The second kappa shape index (κ2) is 8.77. The van der Waals surface area contributed by atoms with Crippen molar-refractivity contribution in [1.29, 1.82) is 0 Å². The van der Waals surface area contributed by atoms with Crippen LogP contribution in [0, 0.1) is 0 Å². The molecule has 2 aromatic heterocycles. The Labute approximate surface area is 159 Å². The molecule has 3 rings (SSSR count). The van der Waals surface area contributed by atoms with Crippen molar-refractivity contribution in [2.24, 2.45) is 7.05 Å². The number of amides is 2. The summed E-state index contributed by atoms with van der Waals surface area (Å²) in [5.41, 5.74) is 0.894. The summed E-state index contributed by atoms with van der Waals surface area (Å²) < 4.78 is 1.90. The first-order valence-electron chi connectivity index (χ1n) is 9.24. The molecule has 2 amide bonds. The van der Waals surface area contributed by atoms with Gasteiger partial charge in [0.25, 0.3) is 0 Å². The molecule has 8 heteroatoms. The maximum absolute atomic E-state index is 12.9. The number of rotatable bonds is 7. The summed E-state index contributed by atoms with van der Waals surface area (Å²) in [7, 11) is 1.91. The number of carbonyl (C=O) groups is 2. The van der Waals surface area contributed by atoms with Gasteiger partial charge in [-0.2, -0.15) is 0 Å². The van der Waals surface area contributed by atoms with E-state index in [0.717, 1.165) is 11.5 Å². The Kier molecular flexibility index (Phi) is 6.18. The Balaban J connectivity index is 1.68. The SMILES string of the molecule is CCN(Cc1nccn1C)C(=O)C[C@H]1C(=O)NCCN1Cc1ccccn1. The van der Waals surface area contributed by atoms with E-state index in [9.17, 15) is 9.59 Å². The van der Waals surface area contributed by atoms with Gasteiger partial charge in [0.1, 0.15) is 5.82 Å². The van der Waals surface area contributed by atoms with Crippen molar-refractivity contribution in [1.82, 2.24) is 29.7 Å². The Morgan fingerprint density at radius 3 is 2.85 bits per heavy atom. The van der Waals surface area contributed by atoms with Crippen LogP contribution in [0.2, 0.25) is 0 Å². The largest absolute Gasteiger partial charge is 0.353 e. The van der Waals surface area contributed by atoms with Crippen LogP contribution in [0.5, 0.6) is 0 Å². The van der Waals surface area contributed by atoms with Gasteiger partial charge in [-0.3, -0.25) is 19.5 Å². The van der Waals surface area contributed by atoms with Gasteiger partial charge in [0, 0.05) is 51.8 Å². The van der Waals surface area contributed by atoms with Gasteiger partial charge < -0.3 is 14.8 Å². The molecule has 1 aliphatic rings. The molecule has 0 bridgehead atoms. The number of piperazine rings is 1. The second-order valence-corrected chi connectivity index (χ2v) is 6.66. The zero-order valence-electron chi connectivity index (χ0n) is 15.8. The standard InChI is InChI=1S/C19H26N6O2/c1-3-24(14-17-21-8-10-23(17)2)18(26)12-16-19(27)22-9-11-25(16)13-15-6-4-5-7-20-15/h4-8,10,16H,3,9,11-14H2,1-2H3,(H,22,27)/t16-/m0/s1. The number of hydrogen-bond donors (Lipinski definition) is 1. The third-order valence-corrected chi connectivity index (χ3v) is 4.89. The molecular formula is C19H26N6O2. The summed E-state index contributed by atoms with van der Waals surface area (Å²) in [6.45, 7) is 4.78. The third kappa shape index (κ3) is 4.71. The number of aromatic nitrogens is 3. The molecule has 27 heavy (non-hydrogen) atoms. The van der Waals surface area contributed by atoms with Gasteiger partial charge in [0.05, 0.1) is 24.7 Å². The van der Waals surface area contributed by atoms with Crippen LogP contribution in [0.3, 0.4) is 0 Å². The molecule has 0 saturated carbocycles. The number of nitrogens with zero attached hydrogens (tertiary/aromatic N) is 5. The monoisotopic (exact) mass is 370 g/mol. The van der Waals surface area contributed by atoms with Gasteiger partial charge in [0.15, 0.2) is 0 Å². The fraction of sp³-hybridized carbons (Fsp3) is 0.474. The minimum Gasteiger partial charge on any atom is -0.353 e. The topological polar surface area (TPSA) is 83.4 Å². The first kappa shape index (κ1) is 19.0. The summed E-state index contributed by atoms with van der Waals surface area (Å²) >= 11 is 0. The Hall–Kier alpha value is -2.74. The van der Waals surface area contributed by atoms with Crippen LogP contribution in [0.4, 0.5) is 0 Å². The zero-order valence-corrected chi connectivity index (χ0v) is 15.8. The smallest absolute Gasteiger partial charge is 0.237 e. The highest BCUT2D eigenvalue weighted by atomic mass is 16.2. The van der Waals surface area contributed by atoms with E-state index in [1.54, 1.807) is 17.3 Å². The molecule has 1 fully saturated rings. The number of nitrogens with one attached hydrogen (secondary N) is 1. The second-order valence-electron chi connectivity index (χ2n) is 6.66. The maximum Gasteiger partial charge on any atom is 0.237 e. The molecular weight excluding hydrogens is 344 g/mol. The predicted molar refractivity (Wildman–Crippen MR) is 100 cm³/mol. The number of carbonyl (C=O) groups excluding carboxylic acids is 2. The molecule has 0 unspecified atom stereocenters. The van der Waals surface area contributed by atoms with Crippen LogP contribution >= 0.6 is 0 Å². The van der Waals surface area contributed by atoms with E-state index in [0.29, 0.717) is 32.7 Å². The van der Waals surface area contributed by atoms with Crippen molar-refractivity contribution in [3.8, 4) is 0 Å². The van der Waals surface area contributed by atoms with Gasteiger partial charge in [-0.1, -0.05) is 6.07 Å². The molecule has 2 aromatic rings. The van der Waals surface area contributed by atoms with Gasteiger partial charge >= 0.3 is 0 Å². The van der Waals surface area contributed by atoms with E-state index < -0.39 is 6.04 Å². The van der Waals surface area contributed by atoms with E-state index in [2.05, 4.69) is 15.3 Å². The summed E-state index contributed by atoms with van der Waals surface area (Å²) in [4.78, 5) is 37.7. The molecule has 144 valence electrons. The highest BCUT2D eigenvalue weighted by Gasteiger charge is 2.33. The van der Waals surface area contributed by atoms with Crippen molar-refractivity contribution in [2.45, 2.75) is 32.5 Å². The Morgan fingerprint density at radius 1 is 1.33 bits per heavy atom. The summed E-state index contributed by atoms with van der Waals surface area (Å²) in [6, 6.07) is 5.25. The summed E-state index contributed by atoms with van der Waals surface area (Å²) in [5, 5.41) is 2.88. The van der Waals surface area contributed by atoms with Crippen LogP contribution in [0.25, 0.3) is 0 Å². The molecule has 0 aromatic carbocycles. The highest BCUT2D eigenvalue weighted by molar-refractivity contribution is 5.88. The molecule has 1 saturated heterocycles. The predicted octanol–water partition coefficient (Wildman–Crippen LogP) is 0.554. The van der Waals surface area contributed by atoms with Crippen LogP contribution in [0.1, 0.15) is 24.9 Å². The molecule has 3 heterocycles. The average molecular weight is 370 g/mol. The maximum atomic E-state index is 12.9. The fourth-order valence-electron chi connectivity index (χ4n) is 3.26. The lowest BCUT2D eigenvalue weighted by molar-refractivity contribution is -0.139. The van der Waals surface area contributed by atoms with Crippen LogP contribution < -0.4 is 5.32 Å². The van der Waals surface area contributed by atoms with E-state index >= 15 is 0 Å². The molecule has 8 nitrogen and oxygen atoms in total. The average Bonchev–Trinajstić information content (AvgIpc) is 3.08.